The van der Waals surface area contributed by atoms with Crippen LogP contribution < -0.4 is 5.73 Å². The van der Waals surface area contributed by atoms with Gasteiger partial charge in [0, 0.05) is 12.0 Å². The van der Waals surface area contributed by atoms with Crippen molar-refractivity contribution < 1.29 is 5.11 Å². The van der Waals surface area contributed by atoms with Crippen LogP contribution in [0.25, 0.3) is 0 Å². The number of hydrogen-bond acceptors (Lipinski definition) is 2. The topological polar surface area (TPSA) is 46.2 Å². The average molecular weight is 281 g/mol. The third kappa shape index (κ3) is 2.10. The Morgan fingerprint density at radius 2 is 1.52 bits per heavy atom. The minimum absolute atomic E-state index is 0.313. The smallest absolute Gasteiger partial charge is 0.0968 e. The number of fused-ring (bicyclic) bond motifs is 1. The summed E-state index contributed by atoms with van der Waals surface area (Å²) in [5.41, 5.74) is 8.61. The van der Waals surface area contributed by atoms with Gasteiger partial charge in [-0.2, -0.15) is 0 Å². The molecular formula is C19H23NO. The van der Waals surface area contributed by atoms with Crippen molar-refractivity contribution in [3.8, 4) is 0 Å². The van der Waals surface area contributed by atoms with Crippen molar-refractivity contribution in [1.29, 1.82) is 0 Å². The summed E-state index contributed by atoms with van der Waals surface area (Å²) in [5, 5.41) is 11.5. The van der Waals surface area contributed by atoms with Gasteiger partial charge in [0.2, 0.25) is 0 Å². The van der Waals surface area contributed by atoms with E-state index < -0.39 is 5.60 Å². The minimum atomic E-state index is -0.887. The van der Waals surface area contributed by atoms with E-state index in [-0.39, 0.29) is 5.41 Å². The van der Waals surface area contributed by atoms with Crippen molar-refractivity contribution in [2.45, 2.75) is 31.8 Å². The van der Waals surface area contributed by atoms with Crippen LogP contribution in [0.2, 0.25) is 0 Å². The maximum Gasteiger partial charge on any atom is 0.0968 e. The first-order chi connectivity index (χ1) is 10.1. The number of rotatable bonds is 4. The minimum Gasteiger partial charge on any atom is -0.385 e. The second-order valence-corrected chi connectivity index (χ2v) is 6.19. The molecule has 0 fully saturated rings. The predicted molar refractivity (Wildman–Crippen MR) is 86.0 cm³/mol. The van der Waals surface area contributed by atoms with Crippen molar-refractivity contribution in [3.63, 3.8) is 0 Å². The molecule has 2 heteroatoms. The molecule has 3 N–H and O–H groups in total. The third-order valence-corrected chi connectivity index (χ3v) is 5.21. The highest BCUT2D eigenvalue weighted by atomic mass is 16.3. The summed E-state index contributed by atoms with van der Waals surface area (Å²) in [4.78, 5) is 0. The van der Waals surface area contributed by atoms with Crippen LogP contribution in [0.1, 0.15) is 30.0 Å². The van der Waals surface area contributed by atoms with Crippen LogP contribution >= 0.6 is 0 Å². The first kappa shape index (κ1) is 14.3. The molecule has 0 saturated heterocycles. The van der Waals surface area contributed by atoms with Crippen LogP contribution in [0, 0.1) is 5.41 Å². The van der Waals surface area contributed by atoms with Crippen molar-refractivity contribution >= 4 is 0 Å². The first-order valence-electron chi connectivity index (χ1n) is 7.70. The Morgan fingerprint density at radius 1 is 1.00 bits per heavy atom. The molecule has 0 radical (unpaired) electrons. The van der Waals surface area contributed by atoms with Gasteiger partial charge in [0.05, 0.1) is 5.60 Å². The van der Waals surface area contributed by atoms with Gasteiger partial charge in [0.1, 0.15) is 0 Å². The van der Waals surface area contributed by atoms with Gasteiger partial charge >= 0.3 is 0 Å². The first-order valence-corrected chi connectivity index (χ1v) is 7.70. The van der Waals surface area contributed by atoms with Gasteiger partial charge in [0.25, 0.3) is 0 Å². The number of aliphatic hydroxyl groups is 1. The van der Waals surface area contributed by atoms with Crippen molar-refractivity contribution in [2.75, 3.05) is 6.54 Å². The molecule has 0 aliphatic heterocycles. The number of benzene rings is 2. The van der Waals surface area contributed by atoms with Gasteiger partial charge in [-0.3, -0.25) is 0 Å². The molecule has 2 aromatic carbocycles. The lowest BCUT2D eigenvalue weighted by Gasteiger charge is -2.44. The third-order valence-electron chi connectivity index (χ3n) is 5.21. The van der Waals surface area contributed by atoms with E-state index in [1.165, 1.54) is 11.1 Å². The second-order valence-electron chi connectivity index (χ2n) is 6.19. The molecule has 2 aromatic rings. The highest BCUT2D eigenvalue weighted by Crippen LogP contribution is 2.50. The summed E-state index contributed by atoms with van der Waals surface area (Å²) >= 11 is 0. The molecule has 1 atom stereocenters. The molecule has 1 unspecified atom stereocenters. The zero-order chi connectivity index (χ0) is 14.9. The standard InChI is InChI=1S/C19H23NO/c1-2-19(21,17-10-4-3-5-11-17)18(14-20)12-15-8-6-7-9-16(15)13-18/h3-11,21H,2,12-14,20H2,1H3. The Bertz CT molecular complexity index is 597. The van der Waals surface area contributed by atoms with E-state index in [4.69, 9.17) is 5.73 Å². The summed E-state index contributed by atoms with van der Waals surface area (Å²) in [6, 6.07) is 18.5. The molecule has 3 rings (SSSR count). The lowest BCUT2D eigenvalue weighted by atomic mass is 9.65. The zero-order valence-electron chi connectivity index (χ0n) is 12.5. The highest BCUT2D eigenvalue weighted by Gasteiger charge is 2.52. The Kier molecular flexibility index (Phi) is 3.60. The fourth-order valence-electron chi connectivity index (χ4n) is 3.90. The molecular weight excluding hydrogens is 258 g/mol. The quantitative estimate of drug-likeness (QED) is 0.905. The second kappa shape index (κ2) is 5.28. The fourth-order valence-corrected chi connectivity index (χ4v) is 3.90. The van der Waals surface area contributed by atoms with E-state index in [2.05, 4.69) is 24.3 Å². The summed E-state index contributed by atoms with van der Waals surface area (Å²) < 4.78 is 0. The molecule has 0 spiro atoms. The molecule has 0 bridgehead atoms. The molecule has 110 valence electrons. The molecule has 0 heterocycles. The van der Waals surface area contributed by atoms with E-state index in [1.54, 1.807) is 0 Å². The summed E-state index contributed by atoms with van der Waals surface area (Å²) in [6.07, 6.45) is 2.36. The number of hydrogen-bond donors (Lipinski definition) is 2. The Labute approximate surface area is 126 Å². The summed E-state index contributed by atoms with van der Waals surface area (Å²) in [6.45, 7) is 2.54. The van der Waals surface area contributed by atoms with E-state index in [9.17, 15) is 5.11 Å². The van der Waals surface area contributed by atoms with E-state index in [0.717, 1.165) is 18.4 Å². The van der Waals surface area contributed by atoms with Crippen LogP contribution in [-0.2, 0) is 18.4 Å². The fraction of sp³-hybridized carbons (Fsp3) is 0.368. The largest absolute Gasteiger partial charge is 0.385 e. The lowest BCUT2D eigenvalue weighted by molar-refractivity contribution is -0.0866. The molecule has 21 heavy (non-hydrogen) atoms. The predicted octanol–water partition coefficient (Wildman–Crippen LogP) is 3.03. The molecule has 0 amide bonds. The molecule has 0 aromatic heterocycles. The maximum atomic E-state index is 11.5. The Balaban J connectivity index is 2.07. The van der Waals surface area contributed by atoms with Gasteiger partial charge < -0.3 is 10.8 Å². The summed E-state index contributed by atoms with van der Waals surface area (Å²) in [7, 11) is 0. The van der Waals surface area contributed by atoms with Crippen molar-refractivity contribution in [3.05, 3.63) is 71.3 Å². The van der Waals surface area contributed by atoms with Crippen LogP contribution in [-0.4, -0.2) is 11.7 Å². The van der Waals surface area contributed by atoms with Gasteiger partial charge in [-0.25, -0.2) is 0 Å². The van der Waals surface area contributed by atoms with Crippen LogP contribution in [0.3, 0.4) is 0 Å². The van der Waals surface area contributed by atoms with E-state index >= 15 is 0 Å². The van der Waals surface area contributed by atoms with E-state index in [1.807, 2.05) is 37.3 Å². The van der Waals surface area contributed by atoms with Crippen LogP contribution in [0.5, 0.6) is 0 Å². The normalized spacial score (nSPS) is 19.0. The molecule has 2 nitrogen and oxygen atoms in total. The van der Waals surface area contributed by atoms with Crippen LogP contribution in [0.15, 0.2) is 54.6 Å². The van der Waals surface area contributed by atoms with Crippen LogP contribution in [0.4, 0.5) is 0 Å². The highest BCUT2D eigenvalue weighted by molar-refractivity contribution is 5.39. The zero-order valence-corrected chi connectivity index (χ0v) is 12.5. The summed E-state index contributed by atoms with van der Waals surface area (Å²) in [5.74, 6) is 0. The molecule has 1 aliphatic rings. The molecule has 1 aliphatic carbocycles. The van der Waals surface area contributed by atoms with Gasteiger partial charge in [-0.15, -0.1) is 0 Å². The maximum absolute atomic E-state index is 11.5. The van der Waals surface area contributed by atoms with E-state index in [0.29, 0.717) is 13.0 Å². The Hall–Kier alpha value is -1.64. The van der Waals surface area contributed by atoms with Gasteiger partial charge in [-0.1, -0.05) is 61.5 Å². The average Bonchev–Trinajstić information content (AvgIpc) is 2.95. The lowest BCUT2D eigenvalue weighted by Crippen LogP contribution is -2.51. The SMILES string of the molecule is CCC(O)(c1ccccc1)C1(CN)Cc2ccccc2C1. The molecule has 0 saturated carbocycles. The Morgan fingerprint density at radius 3 is 2.00 bits per heavy atom. The van der Waals surface area contributed by atoms with Gasteiger partial charge in [0.15, 0.2) is 0 Å². The van der Waals surface area contributed by atoms with Crippen molar-refractivity contribution in [2.24, 2.45) is 11.1 Å². The monoisotopic (exact) mass is 281 g/mol. The number of nitrogens with two attached hydrogens (primary N) is 1. The van der Waals surface area contributed by atoms with Gasteiger partial charge in [-0.05, 0) is 36.0 Å². The van der Waals surface area contributed by atoms with Crippen molar-refractivity contribution in [1.82, 2.24) is 0 Å².